The molecular weight excluding hydrogens is 303 g/mol. The molecule has 0 amide bonds. The van der Waals surface area contributed by atoms with Crippen LogP contribution in [0.1, 0.15) is 31.4 Å². The van der Waals surface area contributed by atoms with Crippen molar-refractivity contribution >= 4 is 27.5 Å². The predicted octanol–water partition coefficient (Wildman–Crippen LogP) is 4.36. The summed E-state index contributed by atoms with van der Waals surface area (Å²) in [5.74, 6) is 0. The Hall–Kier alpha value is -0.0900. The van der Waals surface area contributed by atoms with Crippen LogP contribution in [0.3, 0.4) is 0 Å². The van der Waals surface area contributed by atoms with Crippen LogP contribution in [-0.4, -0.2) is 19.3 Å². The lowest BCUT2D eigenvalue weighted by Crippen LogP contribution is -2.09. The molecule has 17 heavy (non-hydrogen) atoms. The number of halogens is 2. The molecule has 2 rings (SSSR count). The first-order chi connectivity index (χ1) is 8.22. The van der Waals surface area contributed by atoms with Gasteiger partial charge in [0.05, 0.1) is 24.3 Å². The van der Waals surface area contributed by atoms with Crippen LogP contribution in [0.5, 0.6) is 0 Å². The normalized spacial score (nSPS) is 20.3. The highest BCUT2D eigenvalue weighted by Gasteiger charge is 2.25. The Kier molecular flexibility index (Phi) is 4.86. The molecule has 1 unspecified atom stereocenters. The molecular formula is C13H16BrClO2. The minimum absolute atomic E-state index is 0.0947. The molecule has 4 heteroatoms. The van der Waals surface area contributed by atoms with Crippen molar-refractivity contribution in [2.75, 3.05) is 13.2 Å². The second-order valence-electron chi connectivity index (χ2n) is 4.21. The third kappa shape index (κ3) is 3.68. The smallest absolute Gasteiger partial charge is 0.104 e. The van der Waals surface area contributed by atoms with Crippen LogP contribution in [0.25, 0.3) is 0 Å². The Morgan fingerprint density at radius 2 is 2.35 bits per heavy atom. The fourth-order valence-electron chi connectivity index (χ4n) is 1.75. The van der Waals surface area contributed by atoms with E-state index in [-0.39, 0.29) is 6.10 Å². The van der Waals surface area contributed by atoms with E-state index in [1.165, 1.54) is 0 Å². The van der Waals surface area contributed by atoms with Crippen LogP contribution in [0.15, 0.2) is 22.7 Å². The van der Waals surface area contributed by atoms with Gasteiger partial charge in [-0.3, -0.25) is 0 Å². The van der Waals surface area contributed by atoms with Crippen LogP contribution >= 0.6 is 27.5 Å². The van der Waals surface area contributed by atoms with Crippen molar-refractivity contribution in [1.82, 2.24) is 0 Å². The molecule has 0 aromatic heterocycles. The fourth-order valence-corrected chi connectivity index (χ4v) is 2.45. The number of hydrogen-bond donors (Lipinski definition) is 0. The van der Waals surface area contributed by atoms with Gasteiger partial charge >= 0.3 is 0 Å². The largest absolute Gasteiger partial charge is 0.371 e. The summed E-state index contributed by atoms with van der Waals surface area (Å²) >= 11 is 9.64. The van der Waals surface area contributed by atoms with Crippen LogP contribution in [0.2, 0.25) is 5.02 Å². The summed E-state index contributed by atoms with van der Waals surface area (Å²) in [6.07, 6.45) is 2.46. The first-order valence-electron chi connectivity index (χ1n) is 5.89. The monoisotopic (exact) mass is 318 g/mol. The van der Waals surface area contributed by atoms with Gasteiger partial charge in [-0.25, -0.2) is 0 Å². The number of epoxide rings is 1. The molecule has 1 aromatic rings. The standard InChI is InChI=1S/C13H16BrClO2/c1-2-4-12(17-8-9-7-16-9)10-5-3-6-11(15)13(10)14/h3,5-6,9,12H,2,4,7-8H2,1H3/t9?,12-/m1/s1. The predicted molar refractivity (Wildman–Crippen MR) is 72.5 cm³/mol. The molecule has 1 aliphatic heterocycles. The van der Waals surface area contributed by atoms with E-state index in [9.17, 15) is 0 Å². The average Bonchev–Trinajstić information content (AvgIpc) is 3.12. The quantitative estimate of drug-likeness (QED) is 0.727. The topological polar surface area (TPSA) is 21.8 Å². The Morgan fingerprint density at radius 3 is 3.00 bits per heavy atom. The molecule has 0 saturated carbocycles. The Morgan fingerprint density at radius 1 is 1.59 bits per heavy atom. The van der Waals surface area contributed by atoms with Gasteiger partial charge in [0.15, 0.2) is 0 Å². The van der Waals surface area contributed by atoms with E-state index in [0.717, 1.165) is 34.5 Å². The molecule has 0 N–H and O–H groups in total. The van der Waals surface area contributed by atoms with E-state index in [0.29, 0.717) is 12.7 Å². The SMILES string of the molecule is CCC[C@@H](OCC1CO1)c1cccc(Cl)c1Br. The molecule has 2 nitrogen and oxygen atoms in total. The van der Waals surface area contributed by atoms with Gasteiger partial charge in [-0.05, 0) is 34.0 Å². The second kappa shape index (κ2) is 6.19. The maximum Gasteiger partial charge on any atom is 0.104 e. The van der Waals surface area contributed by atoms with Gasteiger partial charge in [-0.2, -0.15) is 0 Å². The van der Waals surface area contributed by atoms with Gasteiger partial charge in [-0.15, -0.1) is 0 Å². The van der Waals surface area contributed by atoms with Crippen LogP contribution in [0, 0.1) is 0 Å². The third-order valence-electron chi connectivity index (χ3n) is 2.76. The van der Waals surface area contributed by atoms with Gasteiger partial charge in [0.2, 0.25) is 0 Å². The summed E-state index contributed by atoms with van der Waals surface area (Å²) in [5, 5.41) is 0.731. The molecule has 1 heterocycles. The second-order valence-corrected chi connectivity index (χ2v) is 5.41. The van der Waals surface area contributed by atoms with Crippen molar-refractivity contribution in [2.24, 2.45) is 0 Å². The van der Waals surface area contributed by atoms with E-state index < -0.39 is 0 Å². The average molecular weight is 320 g/mol. The summed E-state index contributed by atoms with van der Waals surface area (Å²) in [7, 11) is 0. The zero-order valence-electron chi connectivity index (χ0n) is 9.79. The number of ether oxygens (including phenoxy) is 2. The lowest BCUT2D eigenvalue weighted by Gasteiger charge is -2.19. The Bertz CT molecular complexity index is 380. The first-order valence-corrected chi connectivity index (χ1v) is 7.06. The Balaban J connectivity index is 2.09. The third-order valence-corrected chi connectivity index (χ3v) is 4.19. The molecule has 1 aliphatic rings. The molecule has 1 aromatic carbocycles. The maximum absolute atomic E-state index is 6.11. The van der Waals surface area contributed by atoms with Gasteiger partial charge in [0.25, 0.3) is 0 Å². The highest BCUT2D eigenvalue weighted by Crippen LogP contribution is 2.34. The van der Waals surface area contributed by atoms with Crippen molar-refractivity contribution in [1.29, 1.82) is 0 Å². The van der Waals surface area contributed by atoms with Crippen LogP contribution < -0.4 is 0 Å². The van der Waals surface area contributed by atoms with Crippen molar-refractivity contribution < 1.29 is 9.47 Å². The summed E-state index contributed by atoms with van der Waals surface area (Å²) in [6.45, 7) is 3.65. The van der Waals surface area contributed by atoms with Crippen LogP contribution in [-0.2, 0) is 9.47 Å². The highest BCUT2D eigenvalue weighted by molar-refractivity contribution is 9.10. The van der Waals surface area contributed by atoms with E-state index >= 15 is 0 Å². The molecule has 0 spiro atoms. The lowest BCUT2D eigenvalue weighted by atomic mass is 10.1. The molecule has 94 valence electrons. The molecule has 1 fully saturated rings. The van der Waals surface area contributed by atoms with Gasteiger partial charge in [-0.1, -0.05) is 37.1 Å². The van der Waals surface area contributed by atoms with Gasteiger partial charge in [0, 0.05) is 4.47 Å². The van der Waals surface area contributed by atoms with E-state index in [4.69, 9.17) is 21.1 Å². The zero-order valence-corrected chi connectivity index (χ0v) is 12.1. The van der Waals surface area contributed by atoms with Gasteiger partial charge < -0.3 is 9.47 Å². The van der Waals surface area contributed by atoms with Crippen LogP contribution in [0.4, 0.5) is 0 Å². The molecule has 1 saturated heterocycles. The minimum Gasteiger partial charge on any atom is -0.371 e. The maximum atomic E-state index is 6.11. The summed E-state index contributed by atoms with van der Waals surface area (Å²) in [6, 6.07) is 5.90. The number of hydrogen-bond acceptors (Lipinski definition) is 2. The summed E-state index contributed by atoms with van der Waals surface area (Å²) in [5.41, 5.74) is 1.13. The Labute approximate surface area is 115 Å². The van der Waals surface area contributed by atoms with E-state index in [2.05, 4.69) is 28.9 Å². The summed E-state index contributed by atoms with van der Waals surface area (Å²) < 4.78 is 12.0. The van der Waals surface area contributed by atoms with Gasteiger partial charge in [0.1, 0.15) is 6.10 Å². The lowest BCUT2D eigenvalue weighted by molar-refractivity contribution is 0.0354. The van der Waals surface area contributed by atoms with Crippen molar-refractivity contribution in [3.8, 4) is 0 Å². The molecule has 0 aliphatic carbocycles. The van der Waals surface area contributed by atoms with E-state index in [1.54, 1.807) is 0 Å². The number of benzene rings is 1. The summed E-state index contributed by atoms with van der Waals surface area (Å²) in [4.78, 5) is 0. The highest BCUT2D eigenvalue weighted by atomic mass is 79.9. The van der Waals surface area contributed by atoms with Crippen molar-refractivity contribution in [2.45, 2.75) is 32.0 Å². The van der Waals surface area contributed by atoms with Crippen molar-refractivity contribution in [3.63, 3.8) is 0 Å². The first kappa shape index (κ1) is 13.3. The molecule has 2 atom stereocenters. The zero-order chi connectivity index (χ0) is 12.3. The number of rotatable bonds is 6. The van der Waals surface area contributed by atoms with E-state index in [1.807, 2.05) is 12.1 Å². The fraction of sp³-hybridized carbons (Fsp3) is 0.538. The minimum atomic E-state index is 0.0947. The van der Waals surface area contributed by atoms with Crippen molar-refractivity contribution in [3.05, 3.63) is 33.3 Å². The molecule has 0 bridgehead atoms. The molecule has 0 radical (unpaired) electrons.